The minimum absolute atomic E-state index is 0.451. The van der Waals surface area contributed by atoms with E-state index in [4.69, 9.17) is 15.9 Å². The Labute approximate surface area is 51.1 Å². The van der Waals surface area contributed by atoms with Crippen molar-refractivity contribution in [3.05, 3.63) is 0 Å². The Morgan fingerprint density at radius 2 is 2.00 bits per heavy atom. The van der Waals surface area contributed by atoms with Gasteiger partial charge in [-0.2, -0.15) is 0 Å². The maximum absolute atomic E-state index is 10.2. The first-order valence-electron chi connectivity index (χ1n) is 2.23. The van der Waals surface area contributed by atoms with Crippen LogP contribution in [-0.2, 0) is 9.59 Å². The van der Waals surface area contributed by atoms with E-state index in [1.807, 2.05) is 0 Å². The maximum atomic E-state index is 10.2. The highest BCUT2D eigenvalue weighted by Crippen LogP contribution is 1.82. The molecule has 0 aromatic heterocycles. The van der Waals surface area contributed by atoms with E-state index in [0.29, 0.717) is 0 Å². The van der Waals surface area contributed by atoms with E-state index >= 15 is 0 Å². The van der Waals surface area contributed by atoms with Crippen LogP contribution in [0.2, 0.25) is 0 Å². The number of rotatable bonds is 3. The molecule has 0 heterocycles. The highest BCUT2D eigenvalue weighted by Gasteiger charge is 2.20. The Morgan fingerprint density at radius 1 is 1.56 bits per heavy atom. The number of nitrogens with two attached hydrogens (primary N) is 1. The Morgan fingerprint density at radius 3 is 2.11 bits per heavy atom. The molecule has 0 amide bonds. The van der Waals surface area contributed by atoms with Crippen molar-refractivity contribution < 1.29 is 19.8 Å². The van der Waals surface area contributed by atoms with Crippen LogP contribution in [0.4, 0.5) is 0 Å². The predicted octanol–water partition coefficient (Wildman–Crippen LogP) is -2.04. The normalized spacial score (nSPS) is 12.7. The van der Waals surface area contributed by atoms with Gasteiger partial charge in [0.05, 0.1) is 6.54 Å². The summed E-state index contributed by atoms with van der Waals surface area (Å²) in [5, 5.41) is 16.3. The van der Waals surface area contributed by atoms with Crippen LogP contribution in [0.3, 0.4) is 0 Å². The number of aliphatic carboxylic acids is 1. The molecule has 0 aliphatic heterocycles. The number of aliphatic hydroxyl groups excluding tert-OH is 1. The lowest BCUT2D eigenvalue weighted by atomic mass is 10.2. The summed E-state index contributed by atoms with van der Waals surface area (Å²) in [6, 6.07) is 0. The molecule has 5 nitrogen and oxygen atoms in total. The summed E-state index contributed by atoms with van der Waals surface area (Å²) in [5.74, 6) is -2.45. The first-order valence-corrected chi connectivity index (χ1v) is 2.23. The fraction of sp³-hybridized carbons (Fsp3) is 0.500. The molecule has 0 spiro atoms. The molecule has 0 saturated heterocycles. The van der Waals surface area contributed by atoms with Gasteiger partial charge in [-0.15, -0.1) is 0 Å². The molecule has 0 aromatic carbocycles. The number of carbonyl (C=O) groups is 2. The minimum Gasteiger partial charge on any atom is -0.479 e. The molecule has 0 radical (unpaired) electrons. The summed E-state index contributed by atoms with van der Waals surface area (Å²) in [6.07, 6.45) is -1.96. The molecule has 5 heteroatoms. The van der Waals surface area contributed by atoms with E-state index in [-0.39, 0.29) is 0 Å². The topological polar surface area (TPSA) is 101 Å². The number of carboxylic acids is 1. The van der Waals surface area contributed by atoms with E-state index in [9.17, 15) is 9.59 Å². The quantitative estimate of drug-likeness (QED) is 0.385. The lowest BCUT2D eigenvalue weighted by Crippen LogP contribution is -2.34. The Bertz CT molecular complexity index is 133. The molecule has 1 unspecified atom stereocenters. The van der Waals surface area contributed by atoms with E-state index in [1.54, 1.807) is 0 Å². The van der Waals surface area contributed by atoms with E-state index < -0.39 is 24.4 Å². The van der Waals surface area contributed by atoms with E-state index in [1.165, 1.54) is 0 Å². The van der Waals surface area contributed by atoms with Gasteiger partial charge in [-0.1, -0.05) is 0 Å². The Kier molecular flexibility index (Phi) is 2.83. The van der Waals surface area contributed by atoms with Crippen LogP contribution in [-0.4, -0.2) is 34.6 Å². The minimum atomic E-state index is -1.96. The molecule has 9 heavy (non-hydrogen) atoms. The molecule has 0 rings (SSSR count). The highest BCUT2D eigenvalue weighted by molar-refractivity contribution is 6.01. The number of hydrogen-bond acceptors (Lipinski definition) is 4. The van der Waals surface area contributed by atoms with Gasteiger partial charge in [0.25, 0.3) is 0 Å². The van der Waals surface area contributed by atoms with Gasteiger partial charge in [-0.25, -0.2) is 4.79 Å². The van der Waals surface area contributed by atoms with Crippen molar-refractivity contribution in [1.29, 1.82) is 0 Å². The second kappa shape index (κ2) is 3.16. The highest BCUT2D eigenvalue weighted by atomic mass is 16.4. The summed E-state index contributed by atoms with van der Waals surface area (Å²) in [6.45, 7) is -0.451. The third-order valence-corrected chi connectivity index (χ3v) is 0.740. The van der Waals surface area contributed by atoms with Crippen molar-refractivity contribution in [1.82, 2.24) is 0 Å². The van der Waals surface area contributed by atoms with Crippen LogP contribution < -0.4 is 5.73 Å². The van der Waals surface area contributed by atoms with Gasteiger partial charge in [-0.05, 0) is 0 Å². The second-order valence-corrected chi connectivity index (χ2v) is 1.41. The summed E-state index contributed by atoms with van der Waals surface area (Å²) in [4.78, 5) is 20.0. The van der Waals surface area contributed by atoms with Crippen molar-refractivity contribution in [2.45, 2.75) is 6.10 Å². The van der Waals surface area contributed by atoms with Crippen LogP contribution in [0, 0.1) is 0 Å². The van der Waals surface area contributed by atoms with Crippen LogP contribution >= 0.6 is 0 Å². The first-order chi connectivity index (χ1) is 4.09. The number of carboxylic acid groups (broad SMARTS) is 1. The zero-order chi connectivity index (χ0) is 7.44. The average Bonchev–Trinajstić information content (AvgIpc) is 1.84. The number of Topliss-reactive ketones (excluding diaryl/α,β-unsaturated/α-hetero) is 1. The van der Waals surface area contributed by atoms with Gasteiger partial charge in [0.15, 0.2) is 5.78 Å². The summed E-state index contributed by atoms with van der Waals surface area (Å²) >= 11 is 0. The van der Waals surface area contributed by atoms with Crippen LogP contribution in [0.15, 0.2) is 0 Å². The standard InChI is InChI=1S/C4H7NO4/c5-1-2(6)3(7)4(8)9/h3,7H,1,5H2,(H,8,9). The number of aliphatic hydroxyl groups is 1. The molecule has 0 aromatic rings. The summed E-state index contributed by atoms with van der Waals surface area (Å²) in [5.41, 5.74) is 4.74. The number of ketones is 1. The van der Waals surface area contributed by atoms with E-state index in [2.05, 4.69) is 0 Å². The van der Waals surface area contributed by atoms with Gasteiger partial charge in [0.2, 0.25) is 6.10 Å². The maximum Gasteiger partial charge on any atom is 0.340 e. The Balaban J connectivity index is 3.88. The van der Waals surface area contributed by atoms with Gasteiger partial charge >= 0.3 is 5.97 Å². The number of carbonyl (C=O) groups excluding carboxylic acids is 1. The molecule has 0 aliphatic rings. The molecule has 52 valence electrons. The van der Waals surface area contributed by atoms with Crippen molar-refractivity contribution in [2.75, 3.05) is 6.54 Å². The molecular formula is C4H7NO4. The lowest BCUT2D eigenvalue weighted by Gasteiger charge is -1.98. The van der Waals surface area contributed by atoms with Gasteiger partial charge in [0, 0.05) is 0 Å². The fourth-order valence-corrected chi connectivity index (χ4v) is 0.249. The van der Waals surface area contributed by atoms with Crippen molar-refractivity contribution in [3.63, 3.8) is 0 Å². The van der Waals surface area contributed by atoms with E-state index in [0.717, 1.165) is 0 Å². The fourth-order valence-electron chi connectivity index (χ4n) is 0.249. The van der Waals surface area contributed by atoms with Crippen LogP contribution in [0.25, 0.3) is 0 Å². The lowest BCUT2D eigenvalue weighted by molar-refractivity contribution is -0.151. The molecular weight excluding hydrogens is 126 g/mol. The average molecular weight is 133 g/mol. The molecule has 0 aliphatic carbocycles. The number of hydrogen-bond donors (Lipinski definition) is 3. The molecule has 0 saturated carbocycles. The largest absolute Gasteiger partial charge is 0.479 e. The van der Waals surface area contributed by atoms with Crippen LogP contribution in [0.1, 0.15) is 0 Å². The SMILES string of the molecule is NCC(=O)C(O)C(=O)O. The molecule has 1 atom stereocenters. The molecule has 4 N–H and O–H groups in total. The van der Waals surface area contributed by atoms with Crippen molar-refractivity contribution in [2.24, 2.45) is 5.73 Å². The van der Waals surface area contributed by atoms with Gasteiger partial charge in [0.1, 0.15) is 0 Å². The van der Waals surface area contributed by atoms with Gasteiger partial charge in [-0.3, -0.25) is 4.79 Å². The van der Waals surface area contributed by atoms with Crippen molar-refractivity contribution in [3.8, 4) is 0 Å². The monoisotopic (exact) mass is 133 g/mol. The zero-order valence-electron chi connectivity index (χ0n) is 4.57. The zero-order valence-corrected chi connectivity index (χ0v) is 4.57. The predicted molar refractivity (Wildman–Crippen MR) is 27.7 cm³/mol. The van der Waals surface area contributed by atoms with Crippen molar-refractivity contribution >= 4 is 11.8 Å². The summed E-state index contributed by atoms with van der Waals surface area (Å²) < 4.78 is 0. The molecule has 0 bridgehead atoms. The van der Waals surface area contributed by atoms with Gasteiger partial charge < -0.3 is 15.9 Å². The Hall–Kier alpha value is -0.940. The first kappa shape index (κ1) is 8.06. The summed E-state index contributed by atoms with van der Waals surface area (Å²) in [7, 11) is 0. The van der Waals surface area contributed by atoms with Crippen LogP contribution in [0.5, 0.6) is 0 Å². The molecule has 0 fully saturated rings. The second-order valence-electron chi connectivity index (χ2n) is 1.41. The third kappa shape index (κ3) is 2.20. The smallest absolute Gasteiger partial charge is 0.340 e. The third-order valence-electron chi connectivity index (χ3n) is 0.740.